The van der Waals surface area contributed by atoms with Crippen LogP contribution >= 0.6 is 11.8 Å². The van der Waals surface area contributed by atoms with Gasteiger partial charge in [0, 0.05) is 5.75 Å². The quantitative estimate of drug-likeness (QED) is 0.627. The predicted molar refractivity (Wildman–Crippen MR) is 79.1 cm³/mol. The van der Waals surface area contributed by atoms with Gasteiger partial charge in [-0.05, 0) is 12.5 Å². The summed E-state index contributed by atoms with van der Waals surface area (Å²) in [6.45, 7) is 2.42. The molecule has 0 amide bonds. The lowest BCUT2D eigenvalue weighted by Crippen LogP contribution is -2.53. The van der Waals surface area contributed by atoms with Gasteiger partial charge in [0.15, 0.2) is 0 Å². The number of esters is 2. The topological polar surface area (TPSA) is 61.8 Å². The van der Waals surface area contributed by atoms with Crippen molar-refractivity contribution in [1.82, 2.24) is 0 Å². The fraction of sp³-hybridized carbons (Fsp3) is 0.467. The molecular formula is C15H18O5S. The maximum atomic E-state index is 12.3. The summed E-state index contributed by atoms with van der Waals surface area (Å²) in [5.41, 5.74) is 1.84. The van der Waals surface area contributed by atoms with Crippen LogP contribution < -0.4 is 0 Å². The van der Waals surface area contributed by atoms with Crippen molar-refractivity contribution < 1.29 is 23.8 Å². The molecule has 0 aliphatic carbocycles. The SMILES string of the molecule is COC(=O)C1(C(=O)OC)SCCOC1c1ccc(C)cc1. The van der Waals surface area contributed by atoms with Crippen molar-refractivity contribution in [3.63, 3.8) is 0 Å². The Kier molecular flexibility index (Phi) is 4.90. The fourth-order valence-corrected chi connectivity index (χ4v) is 3.61. The van der Waals surface area contributed by atoms with Crippen LogP contribution in [0.3, 0.4) is 0 Å². The van der Waals surface area contributed by atoms with E-state index in [2.05, 4.69) is 0 Å². The second-order valence-corrected chi connectivity index (χ2v) is 6.07. The molecule has 1 fully saturated rings. The van der Waals surface area contributed by atoms with Crippen LogP contribution in [0, 0.1) is 6.92 Å². The van der Waals surface area contributed by atoms with Crippen LogP contribution in [0.1, 0.15) is 17.2 Å². The Hall–Kier alpha value is -1.53. The molecule has 1 heterocycles. The van der Waals surface area contributed by atoms with Crippen molar-refractivity contribution in [2.24, 2.45) is 0 Å². The molecule has 0 aromatic heterocycles. The highest BCUT2D eigenvalue weighted by Crippen LogP contribution is 2.45. The molecule has 1 atom stereocenters. The van der Waals surface area contributed by atoms with Crippen LogP contribution in [0.25, 0.3) is 0 Å². The molecular weight excluding hydrogens is 292 g/mol. The Balaban J connectivity index is 2.50. The van der Waals surface area contributed by atoms with E-state index in [0.29, 0.717) is 12.4 Å². The molecule has 0 N–H and O–H groups in total. The van der Waals surface area contributed by atoms with Gasteiger partial charge in [-0.1, -0.05) is 29.8 Å². The van der Waals surface area contributed by atoms with E-state index in [1.807, 2.05) is 31.2 Å². The summed E-state index contributed by atoms with van der Waals surface area (Å²) in [6.07, 6.45) is -0.725. The number of ether oxygens (including phenoxy) is 3. The average Bonchev–Trinajstić information content (AvgIpc) is 2.54. The second kappa shape index (κ2) is 6.49. The number of aryl methyl sites for hydroxylation is 1. The van der Waals surface area contributed by atoms with E-state index < -0.39 is 22.8 Å². The fourth-order valence-electron chi connectivity index (χ4n) is 2.35. The molecule has 2 rings (SSSR count). The van der Waals surface area contributed by atoms with Gasteiger partial charge >= 0.3 is 11.9 Å². The van der Waals surface area contributed by atoms with Crippen LogP contribution in [-0.4, -0.2) is 43.3 Å². The van der Waals surface area contributed by atoms with Gasteiger partial charge in [0.1, 0.15) is 6.10 Å². The largest absolute Gasteiger partial charge is 0.467 e. The van der Waals surface area contributed by atoms with Gasteiger partial charge in [0.05, 0.1) is 20.8 Å². The summed E-state index contributed by atoms with van der Waals surface area (Å²) in [6, 6.07) is 7.54. The van der Waals surface area contributed by atoms with Crippen molar-refractivity contribution in [2.45, 2.75) is 17.8 Å². The van der Waals surface area contributed by atoms with Gasteiger partial charge in [-0.25, -0.2) is 9.59 Å². The molecule has 6 heteroatoms. The van der Waals surface area contributed by atoms with Gasteiger partial charge < -0.3 is 14.2 Å². The number of carbonyl (C=O) groups excluding carboxylic acids is 2. The van der Waals surface area contributed by atoms with Gasteiger partial charge in [-0.3, -0.25) is 0 Å². The van der Waals surface area contributed by atoms with Crippen LogP contribution in [0.2, 0.25) is 0 Å². The Morgan fingerprint density at radius 2 is 1.76 bits per heavy atom. The summed E-state index contributed by atoms with van der Waals surface area (Å²) >= 11 is 1.21. The van der Waals surface area contributed by atoms with Crippen molar-refractivity contribution in [3.8, 4) is 0 Å². The first-order chi connectivity index (χ1) is 10.1. The number of hydrogen-bond acceptors (Lipinski definition) is 6. The maximum absolute atomic E-state index is 12.3. The number of methoxy groups -OCH3 is 2. The zero-order valence-corrected chi connectivity index (χ0v) is 13.1. The molecule has 0 spiro atoms. The lowest BCUT2D eigenvalue weighted by Gasteiger charge is -2.38. The van der Waals surface area contributed by atoms with E-state index in [1.165, 1.54) is 26.0 Å². The predicted octanol–water partition coefficient (Wildman–Crippen LogP) is 1.88. The minimum absolute atomic E-state index is 0.457. The highest BCUT2D eigenvalue weighted by atomic mass is 32.2. The lowest BCUT2D eigenvalue weighted by molar-refractivity contribution is -0.163. The molecule has 0 radical (unpaired) electrons. The first kappa shape index (κ1) is 15.9. The maximum Gasteiger partial charge on any atom is 0.336 e. The molecule has 114 valence electrons. The number of rotatable bonds is 3. The van der Waals surface area contributed by atoms with Gasteiger partial charge in [-0.2, -0.15) is 0 Å². The van der Waals surface area contributed by atoms with E-state index in [9.17, 15) is 9.59 Å². The van der Waals surface area contributed by atoms with Crippen molar-refractivity contribution >= 4 is 23.7 Å². The zero-order chi connectivity index (χ0) is 15.5. The van der Waals surface area contributed by atoms with Crippen molar-refractivity contribution in [1.29, 1.82) is 0 Å². The van der Waals surface area contributed by atoms with E-state index in [1.54, 1.807) is 0 Å². The number of benzene rings is 1. The minimum Gasteiger partial charge on any atom is -0.467 e. The molecule has 1 aromatic carbocycles. The summed E-state index contributed by atoms with van der Waals surface area (Å²) in [5.74, 6) is -0.777. The third-order valence-corrected chi connectivity index (χ3v) is 4.80. The third-order valence-electron chi connectivity index (χ3n) is 3.42. The van der Waals surface area contributed by atoms with E-state index in [-0.39, 0.29) is 0 Å². The molecule has 0 saturated carbocycles. The second-order valence-electron chi connectivity index (χ2n) is 4.73. The molecule has 21 heavy (non-hydrogen) atoms. The highest BCUT2D eigenvalue weighted by Gasteiger charge is 2.58. The van der Waals surface area contributed by atoms with Crippen LogP contribution in [0.5, 0.6) is 0 Å². The van der Waals surface area contributed by atoms with Gasteiger partial charge in [0.2, 0.25) is 4.75 Å². The number of thioether (sulfide) groups is 1. The number of carbonyl (C=O) groups is 2. The molecule has 1 unspecified atom stereocenters. The molecule has 1 aromatic rings. The zero-order valence-electron chi connectivity index (χ0n) is 12.3. The lowest BCUT2D eigenvalue weighted by atomic mass is 9.93. The Morgan fingerprint density at radius 3 is 2.29 bits per heavy atom. The first-order valence-electron chi connectivity index (χ1n) is 6.55. The Labute approximate surface area is 127 Å². The monoisotopic (exact) mass is 310 g/mol. The molecule has 1 aliphatic heterocycles. The van der Waals surface area contributed by atoms with Gasteiger partial charge in [0.25, 0.3) is 0 Å². The molecule has 1 saturated heterocycles. The first-order valence-corrected chi connectivity index (χ1v) is 7.53. The minimum atomic E-state index is -1.52. The van der Waals surface area contributed by atoms with Gasteiger partial charge in [-0.15, -0.1) is 11.8 Å². The van der Waals surface area contributed by atoms with Crippen molar-refractivity contribution in [2.75, 3.05) is 26.6 Å². The summed E-state index contributed by atoms with van der Waals surface area (Å²) in [4.78, 5) is 24.6. The Morgan fingerprint density at radius 1 is 1.19 bits per heavy atom. The van der Waals surface area contributed by atoms with Crippen LogP contribution in [-0.2, 0) is 23.8 Å². The van der Waals surface area contributed by atoms with E-state index in [4.69, 9.17) is 14.2 Å². The smallest absolute Gasteiger partial charge is 0.336 e. The average molecular weight is 310 g/mol. The summed E-state index contributed by atoms with van der Waals surface area (Å²) in [5, 5.41) is 0. The number of hydrogen-bond donors (Lipinski definition) is 0. The van der Waals surface area contributed by atoms with Crippen molar-refractivity contribution in [3.05, 3.63) is 35.4 Å². The van der Waals surface area contributed by atoms with Crippen LogP contribution in [0.15, 0.2) is 24.3 Å². The highest BCUT2D eigenvalue weighted by molar-refractivity contribution is 8.02. The van der Waals surface area contributed by atoms with E-state index >= 15 is 0 Å². The van der Waals surface area contributed by atoms with Crippen LogP contribution in [0.4, 0.5) is 0 Å². The Bertz CT molecular complexity index is 509. The third kappa shape index (κ3) is 2.78. The summed E-state index contributed by atoms with van der Waals surface area (Å²) in [7, 11) is 2.52. The standard InChI is InChI=1S/C15H18O5S/c1-10-4-6-11(7-5-10)12-15(13(16)18-2,14(17)19-3)21-9-8-20-12/h4-7,12H,8-9H2,1-3H3. The normalized spacial score (nSPS) is 20.6. The summed E-state index contributed by atoms with van der Waals surface area (Å²) < 4.78 is 13.9. The molecule has 5 nitrogen and oxygen atoms in total. The molecule has 0 bridgehead atoms. The molecule has 1 aliphatic rings. The van der Waals surface area contributed by atoms with E-state index in [0.717, 1.165) is 11.1 Å².